The lowest BCUT2D eigenvalue weighted by atomic mass is 10.1. The summed E-state index contributed by atoms with van der Waals surface area (Å²) in [5.74, 6) is 0. The van der Waals surface area contributed by atoms with Crippen molar-refractivity contribution in [3.05, 3.63) is 12.2 Å². The Labute approximate surface area is 109 Å². The molecule has 102 valence electrons. The van der Waals surface area contributed by atoms with Crippen molar-refractivity contribution in [1.29, 1.82) is 0 Å². The van der Waals surface area contributed by atoms with Crippen LogP contribution in [0.5, 0.6) is 0 Å². The molecule has 0 radical (unpaired) electrons. The largest absolute Gasteiger partial charge is 0.330 e. The first kappa shape index (κ1) is 16.7. The number of hydrogen-bond acceptors (Lipinski definition) is 1. The second-order valence-corrected chi connectivity index (χ2v) is 5.02. The van der Waals surface area contributed by atoms with Crippen LogP contribution in [0.4, 0.5) is 0 Å². The van der Waals surface area contributed by atoms with Crippen LogP contribution in [-0.2, 0) is 0 Å². The molecule has 2 N–H and O–H groups in total. The van der Waals surface area contributed by atoms with Gasteiger partial charge in [0.15, 0.2) is 0 Å². The van der Waals surface area contributed by atoms with Crippen molar-refractivity contribution in [2.45, 2.75) is 84.0 Å². The van der Waals surface area contributed by atoms with Gasteiger partial charge in [-0.3, -0.25) is 0 Å². The first-order valence-electron chi connectivity index (χ1n) is 7.77. The van der Waals surface area contributed by atoms with Crippen molar-refractivity contribution in [1.82, 2.24) is 0 Å². The van der Waals surface area contributed by atoms with Crippen LogP contribution in [-0.4, -0.2) is 6.54 Å². The minimum atomic E-state index is 0.864. The first-order valence-corrected chi connectivity index (χ1v) is 7.77. The Morgan fingerprint density at radius 3 is 1.65 bits per heavy atom. The number of rotatable bonds is 13. The van der Waals surface area contributed by atoms with E-state index in [0.717, 1.165) is 6.54 Å². The Morgan fingerprint density at radius 1 is 0.647 bits per heavy atom. The van der Waals surface area contributed by atoms with Crippen molar-refractivity contribution in [2.75, 3.05) is 6.54 Å². The number of hydrogen-bond donors (Lipinski definition) is 1. The second-order valence-electron chi connectivity index (χ2n) is 5.02. The van der Waals surface area contributed by atoms with E-state index in [1.165, 1.54) is 77.0 Å². The molecule has 0 aliphatic heterocycles. The molecule has 0 atom stereocenters. The topological polar surface area (TPSA) is 26.0 Å². The summed E-state index contributed by atoms with van der Waals surface area (Å²) in [5.41, 5.74) is 5.46. The molecule has 0 saturated heterocycles. The molecule has 0 spiro atoms. The SMILES string of the molecule is CCCCC/C=C/CCCCCCCCCN. The molecule has 0 saturated carbocycles. The maximum atomic E-state index is 5.46. The van der Waals surface area contributed by atoms with Crippen LogP contribution >= 0.6 is 0 Å². The van der Waals surface area contributed by atoms with Gasteiger partial charge in [-0.05, 0) is 38.6 Å². The van der Waals surface area contributed by atoms with Gasteiger partial charge in [0, 0.05) is 0 Å². The van der Waals surface area contributed by atoms with Crippen LogP contribution in [0.15, 0.2) is 12.2 Å². The van der Waals surface area contributed by atoms with Crippen LogP contribution in [0.1, 0.15) is 84.0 Å². The van der Waals surface area contributed by atoms with Gasteiger partial charge in [-0.25, -0.2) is 0 Å². The van der Waals surface area contributed by atoms with Crippen LogP contribution in [0.3, 0.4) is 0 Å². The maximum absolute atomic E-state index is 5.46. The molecule has 0 heterocycles. The van der Waals surface area contributed by atoms with Gasteiger partial charge in [0.2, 0.25) is 0 Å². The van der Waals surface area contributed by atoms with Crippen LogP contribution < -0.4 is 5.73 Å². The Bertz CT molecular complexity index is 152. The molecule has 0 aromatic carbocycles. The zero-order valence-electron chi connectivity index (χ0n) is 11.9. The average Bonchev–Trinajstić information content (AvgIpc) is 2.35. The molecular formula is C16H33N. The monoisotopic (exact) mass is 239 g/mol. The lowest BCUT2D eigenvalue weighted by Crippen LogP contribution is -1.97. The van der Waals surface area contributed by atoms with Crippen LogP contribution in [0, 0.1) is 0 Å². The van der Waals surface area contributed by atoms with E-state index >= 15 is 0 Å². The summed E-state index contributed by atoms with van der Waals surface area (Å²) >= 11 is 0. The van der Waals surface area contributed by atoms with Crippen molar-refractivity contribution < 1.29 is 0 Å². The van der Waals surface area contributed by atoms with Gasteiger partial charge >= 0.3 is 0 Å². The van der Waals surface area contributed by atoms with Gasteiger partial charge in [-0.2, -0.15) is 0 Å². The highest BCUT2D eigenvalue weighted by Gasteiger charge is 1.90. The fourth-order valence-electron chi connectivity index (χ4n) is 2.04. The lowest BCUT2D eigenvalue weighted by Gasteiger charge is -1.99. The van der Waals surface area contributed by atoms with Gasteiger partial charge in [-0.15, -0.1) is 0 Å². The van der Waals surface area contributed by atoms with E-state index < -0.39 is 0 Å². The van der Waals surface area contributed by atoms with E-state index in [0.29, 0.717) is 0 Å². The van der Waals surface area contributed by atoms with E-state index in [1.54, 1.807) is 0 Å². The Morgan fingerprint density at radius 2 is 1.12 bits per heavy atom. The Kier molecular flexibility index (Phi) is 15.4. The van der Waals surface area contributed by atoms with Crippen molar-refractivity contribution in [2.24, 2.45) is 5.73 Å². The summed E-state index contributed by atoms with van der Waals surface area (Å²) in [4.78, 5) is 0. The molecule has 0 rings (SSSR count). The maximum Gasteiger partial charge on any atom is -0.00773 e. The molecule has 17 heavy (non-hydrogen) atoms. The molecule has 0 unspecified atom stereocenters. The number of unbranched alkanes of at least 4 members (excludes halogenated alkanes) is 10. The van der Waals surface area contributed by atoms with Crippen molar-refractivity contribution in [3.63, 3.8) is 0 Å². The quantitative estimate of drug-likeness (QED) is 0.347. The molecule has 1 nitrogen and oxygen atoms in total. The van der Waals surface area contributed by atoms with E-state index in [4.69, 9.17) is 5.73 Å². The summed E-state index contributed by atoms with van der Waals surface area (Å²) < 4.78 is 0. The normalized spacial score (nSPS) is 11.4. The fourth-order valence-corrected chi connectivity index (χ4v) is 2.04. The number of nitrogens with two attached hydrogens (primary N) is 1. The molecular weight excluding hydrogens is 206 g/mol. The third-order valence-corrected chi connectivity index (χ3v) is 3.22. The van der Waals surface area contributed by atoms with Crippen LogP contribution in [0.25, 0.3) is 0 Å². The summed E-state index contributed by atoms with van der Waals surface area (Å²) in [5, 5.41) is 0. The highest BCUT2D eigenvalue weighted by molar-refractivity contribution is 4.81. The van der Waals surface area contributed by atoms with Gasteiger partial charge in [0.1, 0.15) is 0 Å². The molecule has 0 aromatic heterocycles. The molecule has 0 aliphatic rings. The molecule has 0 aliphatic carbocycles. The highest BCUT2D eigenvalue weighted by Crippen LogP contribution is 2.09. The van der Waals surface area contributed by atoms with Gasteiger partial charge < -0.3 is 5.73 Å². The van der Waals surface area contributed by atoms with Crippen molar-refractivity contribution >= 4 is 0 Å². The summed E-state index contributed by atoms with van der Waals surface area (Å²) in [7, 11) is 0. The van der Waals surface area contributed by atoms with E-state index in [-0.39, 0.29) is 0 Å². The summed E-state index contributed by atoms with van der Waals surface area (Å²) in [6.45, 7) is 3.13. The minimum Gasteiger partial charge on any atom is -0.330 e. The Balaban J connectivity index is 2.97. The third-order valence-electron chi connectivity index (χ3n) is 3.22. The van der Waals surface area contributed by atoms with Gasteiger partial charge in [-0.1, -0.05) is 64.0 Å². The lowest BCUT2D eigenvalue weighted by molar-refractivity contribution is 0.584. The zero-order valence-corrected chi connectivity index (χ0v) is 11.9. The molecule has 1 heteroatoms. The van der Waals surface area contributed by atoms with Gasteiger partial charge in [0.25, 0.3) is 0 Å². The molecule has 0 fully saturated rings. The minimum absolute atomic E-state index is 0.864. The zero-order chi connectivity index (χ0) is 12.6. The Hall–Kier alpha value is -0.300. The fraction of sp³-hybridized carbons (Fsp3) is 0.875. The number of allylic oxidation sites excluding steroid dienone is 2. The smallest absolute Gasteiger partial charge is 0.00773 e. The second kappa shape index (κ2) is 15.7. The third kappa shape index (κ3) is 15.7. The first-order chi connectivity index (χ1) is 8.41. The van der Waals surface area contributed by atoms with E-state index in [9.17, 15) is 0 Å². The van der Waals surface area contributed by atoms with E-state index in [1.807, 2.05) is 0 Å². The standard InChI is InChI=1S/C16H33N/c1-2-3-4-5-6-7-8-9-10-11-12-13-14-15-16-17/h6-7H,2-5,8-17H2,1H3/b7-6+. The molecule has 0 bridgehead atoms. The summed E-state index contributed by atoms with van der Waals surface area (Å²) in [6, 6.07) is 0. The molecule has 0 amide bonds. The van der Waals surface area contributed by atoms with E-state index in [2.05, 4.69) is 19.1 Å². The highest BCUT2D eigenvalue weighted by atomic mass is 14.5. The van der Waals surface area contributed by atoms with Gasteiger partial charge in [0.05, 0.1) is 0 Å². The predicted molar refractivity (Wildman–Crippen MR) is 79.3 cm³/mol. The molecule has 0 aromatic rings. The van der Waals surface area contributed by atoms with Crippen molar-refractivity contribution in [3.8, 4) is 0 Å². The predicted octanol–water partition coefficient (Wildman–Crippen LogP) is 5.20. The van der Waals surface area contributed by atoms with Crippen LogP contribution in [0.2, 0.25) is 0 Å². The summed E-state index contributed by atoms with van der Waals surface area (Å²) in [6.07, 6.45) is 20.9. The average molecular weight is 239 g/mol.